The number of amides is 1. The third-order valence-corrected chi connectivity index (χ3v) is 6.71. The van der Waals surface area contributed by atoms with Crippen molar-refractivity contribution in [3.8, 4) is 17.2 Å². The Morgan fingerprint density at radius 1 is 0.921 bits per heavy atom. The standard InChI is InChI=1S/C31H24F3N3O/c32-31(33,34)26-11-8-23(9-12-26)28-6-1-2-7-29(28)30(38)36-27-13-10-25-20-37(15-14-24(25)17-27)19-22-5-3-4-21(16-22)18-35/h1-13,16-17H,14-15,19-20H2,(H,36,38). The summed E-state index contributed by atoms with van der Waals surface area (Å²) >= 11 is 0. The summed E-state index contributed by atoms with van der Waals surface area (Å²) in [5.41, 5.74) is 5.54. The molecule has 7 heteroatoms. The molecule has 0 aliphatic carbocycles. The van der Waals surface area contributed by atoms with E-state index in [1.54, 1.807) is 30.3 Å². The fraction of sp³-hybridized carbons (Fsp3) is 0.161. The molecule has 1 aliphatic heterocycles. The molecule has 0 bridgehead atoms. The Labute approximate surface area is 219 Å². The molecule has 0 unspecified atom stereocenters. The largest absolute Gasteiger partial charge is 0.416 e. The Hall–Kier alpha value is -4.41. The molecule has 190 valence electrons. The van der Waals surface area contributed by atoms with Crippen LogP contribution < -0.4 is 5.32 Å². The summed E-state index contributed by atoms with van der Waals surface area (Å²) in [6, 6.07) is 27.4. The Morgan fingerprint density at radius 2 is 1.71 bits per heavy atom. The van der Waals surface area contributed by atoms with E-state index in [-0.39, 0.29) is 5.91 Å². The molecule has 1 aliphatic rings. The first kappa shape index (κ1) is 25.2. The molecule has 1 amide bonds. The van der Waals surface area contributed by atoms with Crippen molar-refractivity contribution in [2.45, 2.75) is 25.7 Å². The van der Waals surface area contributed by atoms with Crippen molar-refractivity contribution >= 4 is 11.6 Å². The van der Waals surface area contributed by atoms with Crippen molar-refractivity contribution in [3.05, 3.63) is 124 Å². The molecule has 0 spiro atoms. The maximum atomic E-state index is 13.2. The van der Waals surface area contributed by atoms with Crippen LogP contribution in [0.25, 0.3) is 11.1 Å². The van der Waals surface area contributed by atoms with Gasteiger partial charge in [0.25, 0.3) is 5.91 Å². The van der Waals surface area contributed by atoms with Gasteiger partial charge in [-0.25, -0.2) is 0 Å². The molecule has 1 heterocycles. The highest BCUT2D eigenvalue weighted by molar-refractivity contribution is 6.08. The molecule has 1 N–H and O–H groups in total. The minimum atomic E-state index is -4.42. The summed E-state index contributed by atoms with van der Waals surface area (Å²) in [6.07, 6.45) is -3.58. The highest BCUT2D eigenvalue weighted by atomic mass is 19.4. The zero-order valence-electron chi connectivity index (χ0n) is 20.4. The monoisotopic (exact) mass is 511 g/mol. The topological polar surface area (TPSA) is 56.1 Å². The lowest BCUT2D eigenvalue weighted by Gasteiger charge is -2.29. The van der Waals surface area contributed by atoms with Crippen molar-refractivity contribution in [1.29, 1.82) is 5.26 Å². The average molecular weight is 512 g/mol. The van der Waals surface area contributed by atoms with Gasteiger partial charge in [-0.15, -0.1) is 0 Å². The number of rotatable bonds is 5. The van der Waals surface area contributed by atoms with Crippen LogP contribution in [0.2, 0.25) is 0 Å². The molecule has 0 saturated carbocycles. The number of nitrogens with one attached hydrogen (secondary N) is 1. The Bertz CT molecular complexity index is 1520. The fourth-order valence-electron chi connectivity index (χ4n) is 4.79. The van der Waals surface area contributed by atoms with Crippen LogP contribution in [0.15, 0.2) is 91.0 Å². The smallest absolute Gasteiger partial charge is 0.322 e. The first-order chi connectivity index (χ1) is 18.3. The summed E-state index contributed by atoms with van der Waals surface area (Å²) in [6.45, 7) is 2.39. The van der Waals surface area contributed by atoms with E-state index in [1.807, 2.05) is 36.4 Å². The molecule has 5 rings (SSSR count). The third-order valence-electron chi connectivity index (χ3n) is 6.71. The molecule has 0 aromatic heterocycles. The fourth-order valence-corrected chi connectivity index (χ4v) is 4.79. The predicted molar refractivity (Wildman–Crippen MR) is 140 cm³/mol. The van der Waals surface area contributed by atoms with Gasteiger partial charge in [-0.05, 0) is 76.7 Å². The van der Waals surface area contributed by atoms with Gasteiger partial charge in [0.05, 0.1) is 17.2 Å². The van der Waals surface area contributed by atoms with Gasteiger partial charge in [-0.1, -0.05) is 48.5 Å². The predicted octanol–water partition coefficient (Wildman–Crippen LogP) is 7.05. The molecule has 38 heavy (non-hydrogen) atoms. The van der Waals surface area contributed by atoms with Gasteiger partial charge in [0, 0.05) is 30.9 Å². The van der Waals surface area contributed by atoms with E-state index in [0.717, 1.165) is 43.8 Å². The first-order valence-corrected chi connectivity index (χ1v) is 12.2. The lowest BCUT2D eigenvalue weighted by atomic mass is 9.97. The highest BCUT2D eigenvalue weighted by Crippen LogP contribution is 2.32. The second-order valence-electron chi connectivity index (χ2n) is 9.33. The van der Waals surface area contributed by atoms with Crippen LogP contribution in [0, 0.1) is 11.3 Å². The molecule has 0 radical (unpaired) electrons. The van der Waals surface area contributed by atoms with Gasteiger partial charge in [-0.2, -0.15) is 18.4 Å². The van der Waals surface area contributed by atoms with Crippen LogP contribution in [0.3, 0.4) is 0 Å². The second kappa shape index (κ2) is 10.5. The number of hydrogen-bond acceptors (Lipinski definition) is 3. The van der Waals surface area contributed by atoms with Gasteiger partial charge in [0.2, 0.25) is 0 Å². The number of carbonyl (C=O) groups is 1. The first-order valence-electron chi connectivity index (χ1n) is 12.2. The molecule has 0 fully saturated rings. The lowest BCUT2D eigenvalue weighted by molar-refractivity contribution is -0.137. The van der Waals surface area contributed by atoms with Crippen molar-refractivity contribution in [2.24, 2.45) is 0 Å². The van der Waals surface area contributed by atoms with Gasteiger partial charge >= 0.3 is 6.18 Å². The second-order valence-corrected chi connectivity index (χ2v) is 9.33. The van der Waals surface area contributed by atoms with Gasteiger partial charge in [-0.3, -0.25) is 9.69 Å². The number of alkyl halides is 3. The average Bonchev–Trinajstić information content (AvgIpc) is 2.93. The lowest BCUT2D eigenvalue weighted by Crippen LogP contribution is -2.30. The summed E-state index contributed by atoms with van der Waals surface area (Å²) in [5.74, 6) is -0.324. The van der Waals surface area contributed by atoms with Gasteiger partial charge in [0.1, 0.15) is 0 Å². The number of nitriles is 1. The molecular formula is C31H24F3N3O. The highest BCUT2D eigenvalue weighted by Gasteiger charge is 2.30. The van der Waals surface area contributed by atoms with Crippen LogP contribution >= 0.6 is 0 Å². The van der Waals surface area contributed by atoms with Crippen LogP contribution in [0.4, 0.5) is 18.9 Å². The van der Waals surface area contributed by atoms with Crippen LogP contribution in [-0.4, -0.2) is 17.4 Å². The molecule has 4 aromatic carbocycles. The van der Waals surface area contributed by atoms with E-state index in [9.17, 15) is 18.0 Å². The quantitative estimate of drug-likeness (QED) is 0.312. The van der Waals surface area contributed by atoms with E-state index >= 15 is 0 Å². The number of halogens is 3. The van der Waals surface area contributed by atoms with E-state index in [1.165, 1.54) is 23.3 Å². The summed E-state index contributed by atoms with van der Waals surface area (Å²) < 4.78 is 38.9. The zero-order valence-corrected chi connectivity index (χ0v) is 20.4. The van der Waals surface area contributed by atoms with Crippen molar-refractivity contribution in [2.75, 3.05) is 11.9 Å². The SMILES string of the molecule is N#Cc1cccc(CN2CCc3cc(NC(=O)c4ccccc4-c4ccc(C(F)(F)F)cc4)ccc3C2)c1. The Balaban J connectivity index is 1.29. The molecule has 0 atom stereocenters. The van der Waals surface area contributed by atoms with Crippen molar-refractivity contribution in [3.63, 3.8) is 0 Å². The Kier molecular flexibility index (Phi) is 6.99. The van der Waals surface area contributed by atoms with E-state index in [0.29, 0.717) is 27.9 Å². The summed E-state index contributed by atoms with van der Waals surface area (Å²) in [4.78, 5) is 15.5. The summed E-state index contributed by atoms with van der Waals surface area (Å²) in [5, 5.41) is 12.1. The van der Waals surface area contributed by atoms with Crippen molar-refractivity contribution < 1.29 is 18.0 Å². The number of benzene rings is 4. The number of hydrogen-bond donors (Lipinski definition) is 1. The van der Waals surface area contributed by atoms with Crippen LogP contribution in [-0.2, 0) is 25.7 Å². The molecular weight excluding hydrogens is 487 g/mol. The summed E-state index contributed by atoms with van der Waals surface area (Å²) in [7, 11) is 0. The Morgan fingerprint density at radius 3 is 2.47 bits per heavy atom. The van der Waals surface area contributed by atoms with Gasteiger partial charge in [0.15, 0.2) is 0 Å². The molecule has 0 saturated heterocycles. The number of anilines is 1. The van der Waals surface area contributed by atoms with Crippen LogP contribution in [0.1, 0.15) is 38.2 Å². The number of fused-ring (bicyclic) bond motifs is 1. The van der Waals surface area contributed by atoms with Crippen LogP contribution in [0.5, 0.6) is 0 Å². The van der Waals surface area contributed by atoms with Gasteiger partial charge < -0.3 is 5.32 Å². The maximum absolute atomic E-state index is 13.2. The number of carbonyl (C=O) groups excluding carboxylic acids is 1. The van der Waals surface area contributed by atoms with E-state index in [4.69, 9.17) is 5.26 Å². The maximum Gasteiger partial charge on any atom is 0.416 e. The van der Waals surface area contributed by atoms with E-state index in [2.05, 4.69) is 16.3 Å². The number of nitrogens with zero attached hydrogens (tertiary/aromatic N) is 2. The minimum Gasteiger partial charge on any atom is -0.322 e. The molecule has 4 aromatic rings. The molecule has 4 nitrogen and oxygen atoms in total. The normalized spacial score (nSPS) is 13.4. The zero-order chi connectivity index (χ0) is 26.7. The minimum absolute atomic E-state index is 0.324. The van der Waals surface area contributed by atoms with E-state index < -0.39 is 11.7 Å². The third kappa shape index (κ3) is 5.61. The van der Waals surface area contributed by atoms with Crippen molar-refractivity contribution in [1.82, 2.24) is 4.90 Å².